The third-order valence-electron chi connectivity index (χ3n) is 2.55. The van der Waals surface area contributed by atoms with Gasteiger partial charge in [-0.2, -0.15) is 0 Å². The molecule has 0 aliphatic carbocycles. The zero-order chi connectivity index (χ0) is 16.3. The van der Waals surface area contributed by atoms with Gasteiger partial charge in [-0.15, -0.1) is 0 Å². The van der Waals surface area contributed by atoms with Crippen LogP contribution in [0.4, 0.5) is 9.52 Å². The SMILES string of the molecule is CC(Oc1ccc(F)cc1Br)C(=O)Nc1ncc(C(N)=O)s1. The van der Waals surface area contributed by atoms with Gasteiger partial charge in [0.25, 0.3) is 11.8 Å². The number of carbonyl (C=O) groups excluding carboxylic acids is 2. The van der Waals surface area contributed by atoms with Crippen LogP contribution >= 0.6 is 27.3 Å². The molecule has 0 radical (unpaired) electrons. The number of hydrogen-bond acceptors (Lipinski definition) is 5. The monoisotopic (exact) mass is 387 g/mol. The first kappa shape index (κ1) is 16.4. The third-order valence-corrected chi connectivity index (χ3v) is 4.09. The van der Waals surface area contributed by atoms with Crippen LogP contribution in [0.5, 0.6) is 5.75 Å². The molecule has 0 saturated heterocycles. The summed E-state index contributed by atoms with van der Waals surface area (Å²) in [6.45, 7) is 1.54. The van der Waals surface area contributed by atoms with Gasteiger partial charge >= 0.3 is 0 Å². The molecule has 1 aromatic carbocycles. The van der Waals surface area contributed by atoms with E-state index in [2.05, 4.69) is 26.2 Å². The second kappa shape index (κ2) is 6.84. The zero-order valence-corrected chi connectivity index (χ0v) is 13.7. The van der Waals surface area contributed by atoms with Gasteiger partial charge in [-0.25, -0.2) is 9.37 Å². The molecule has 0 spiro atoms. The smallest absolute Gasteiger partial charge is 0.266 e. The fraction of sp³-hybridized carbons (Fsp3) is 0.154. The number of thiazole rings is 1. The van der Waals surface area contributed by atoms with Gasteiger partial charge in [-0.1, -0.05) is 11.3 Å². The topological polar surface area (TPSA) is 94.3 Å². The van der Waals surface area contributed by atoms with Gasteiger partial charge in [0.1, 0.15) is 16.4 Å². The van der Waals surface area contributed by atoms with Crippen molar-refractivity contribution in [1.82, 2.24) is 4.98 Å². The quantitative estimate of drug-likeness (QED) is 0.823. The predicted octanol–water partition coefficient (Wildman–Crippen LogP) is 2.55. The molecule has 2 aromatic rings. The van der Waals surface area contributed by atoms with Crippen molar-refractivity contribution in [2.24, 2.45) is 5.73 Å². The molecule has 1 atom stereocenters. The van der Waals surface area contributed by atoms with Crippen LogP contribution in [-0.4, -0.2) is 22.9 Å². The number of hydrogen-bond donors (Lipinski definition) is 2. The average molecular weight is 388 g/mol. The van der Waals surface area contributed by atoms with E-state index < -0.39 is 23.7 Å². The van der Waals surface area contributed by atoms with Gasteiger partial charge in [-0.05, 0) is 41.1 Å². The van der Waals surface area contributed by atoms with E-state index in [1.54, 1.807) is 0 Å². The first-order valence-corrected chi connectivity index (χ1v) is 7.66. The minimum absolute atomic E-state index is 0.241. The van der Waals surface area contributed by atoms with Crippen LogP contribution in [0.25, 0.3) is 0 Å². The normalized spacial score (nSPS) is 11.8. The lowest BCUT2D eigenvalue weighted by molar-refractivity contribution is -0.122. The summed E-state index contributed by atoms with van der Waals surface area (Å²) in [5.74, 6) is -1.15. The molecule has 22 heavy (non-hydrogen) atoms. The number of primary amides is 1. The number of carbonyl (C=O) groups is 2. The van der Waals surface area contributed by atoms with Crippen LogP contribution in [0.1, 0.15) is 16.6 Å². The third kappa shape index (κ3) is 4.01. The zero-order valence-electron chi connectivity index (χ0n) is 11.3. The highest BCUT2D eigenvalue weighted by molar-refractivity contribution is 9.10. The molecule has 0 aliphatic rings. The van der Waals surface area contributed by atoms with Crippen molar-refractivity contribution in [2.45, 2.75) is 13.0 Å². The van der Waals surface area contributed by atoms with Crippen LogP contribution < -0.4 is 15.8 Å². The van der Waals surface area contributed by atoms with Crippen molar-refractivity contribution in [3.63, 3.8) is 0 Å². The summed E-state index contributed by atoms with van der Waals surface area (Å²) in [7, 11) is 0. The molecule has 1 unspecified atom stereocenters. The number of rotatable bonds is 5. The van der Waals surface area contributed by atoms with Gasteiger partial charge in [0.15, 0.2) is 11.2 Å². The van der Waals surface area contributed by atoms with E-state index in [1.807, 2.05) is 0 Å². The lowest BCUT2D eigenvalue weighted by atomic mass is 10.3. The van der Waals surface area contributed by atoms with Crippen molar-refractivity contribution in [3.05, 3.63) is 39.6 Å². The highest BCUT2D eigenvalue weighted by atomic mass is 79.9. The molecular weight excluding hydrogens is 377 g/mol. The number of nitrogens with one attached hydrogen (secondary N) is 1. The highest BCUT2D eigenvalue weighted by Crippen LogP contribution is 2.26. The minimum Gasteiger partial charge on any atom is -0.480 e. The Morgan fingerprint density at radius 3 is 2.82 bits per heavy atom. The Bertz CT molecular complexity index is 722. The maximum absolute atomic E-state index is 13.0. The Balaban J connectivity index is 2.00. The molecule has 1 heterocycles. The standard InChI is InChI=1S/C13H11BrFN3O3S/c1-6(21-9-3-2-7(15)4-8(9)14)12(20)18-13-17-5-10(22-13)11(16)19/h2-6H,1H3,(H2,16,19)(H,17,18,20). The van der Waals surface area contributed by atoms with Crippen LogP contribution in [-0.2, 0) is 4.79 Å². The van der Waals surface area contributed by atoms with Crippen molar-refractivity contribution < 1.29 is 18.7 Å². The van der Waals surface area contributed by atoms with Crippen molar-refractivity contribution in [2.75, 3.05) is 5.32 Å². The molecule has 9 heteroatoms. The summed E-state index contributed by atoms with van der Waals surface area (Å²) in [6.07, 6.45) is 0.438. The Morgan fingerprint density at radius 1 is 1.50 bits per heavy atom. The van der Waals surface area contributed by atoms with E-state index in [9.17, 15) is 14.0 Å². The molecular formula is C13H11BrFN3O3S. The van der Waals surface area contributed by atoms with Crippen molar-refractivity contribution in [1.29, 1.82) is 0 Å². The van der Waals surface area contributed by atoms with E-state index >= 15 is 0 Å². The minimum atomic E-state index is -0.845. The second-order valence-corrected chi connectivity index (χ2v) is 6.10. The van der Waals surface area contributed by atoms with Crippen LogP contribution in [0.3, 0.4) is 0 Å². The lowest BCUT2D eigenvalue weighted by Crippen LogP contribution is -2.30. The van der Waals surface area contributed by atoms with E-state index in [-0.39, 0.29) is 10.0 Å². The van der Waals surface area contributed by atoms with E-state index in [0.29, 0.717) is 10.2 Å². The largest absolute Gasteiger partial charge is 0.480 e. The van der Waals surface area contributed by atoms with E-state index in [4.69, 9.17) is 10.5 Å². The van der Waals surface area contributed by atoms with Gasteiger partial charge in [-0.3, -0.25) is 14.9 Å². The number of ether oxygens (including phenoxy) is 1. The number of nitrogens with zero attached hydrogens (tertiary/aromatic N) is 1. The molecule has 0 bridgehead atoms. The van der Waals surface area contributed by atoms with Gasteiger partial charge < -0.3 is 10.5 Å². The summed E-state index contributed by atoms with van der Waals surface area (Å²) in [4.78, 5) is 27.1. The molecule has 1 aromatic heterocycles. The van der Waals surface area contributed by atoms with Crippen LogP contribution in [0, 0.1) is 5.82 Å². The Morgan fingerprint density at radius 2 is 2.23 bits per heavy atom. The molecule has 3 N–H and O–H groups in total. The number of benzene rings is 1. The molecule has 2 rings (SSSR count). The number of anilines is 1. The highest BCUT2D eigenvalue weighted by Gasteiger charge is 2.18. The van der Waals surface area contributed by atoms with Crippen LogP contribution in [0.15, 0.2) is 28.9 Å². The molecule has 2 amide bonds. The van der Waals surface area contributed by atoms with Gasteiger partial charge in [0.2, 0.25) is 0 Å². The number of halogens is 2. The molecule has 116 valence electrons. The maximum Gasteiger partial charge on any atom is 0.266 e. The Labute approximate surface area is 137 Å². The van der Waals surface area contributed by atoms with Gasteiger partial charge in [0, 0.05) is 0 Å². The summed E-state index contributed by atoms with van der Waals surface area (Å²) in [5.41, 5.74) is 5.11. The molecule has 0 saturated carbocycles. The van der Waals surface area contributed by atoms with E-state index in [1.165, 1.54) is 31.3 Å². The van der Waals surface area contributed by atoms with E-state index in [0.717, 1.165) is 11.3 Å². The number of amides is 2. The van der Waals surface area contributed by atoms with Gasteiger partial charge in [0.05, 0.1) is 10.7 Å². The van der Waals surface area contributed by atoms with Crippen LogP contribution in [0.2, 0.25) is 0 Å². The number of aromatic nitrogens is 1. The summed E-state index contributed by atoms with van der Waals surface area (Å²) < 4.78 is 18.8. The first-order chi connectivity index (χ1) is 10.4. The van der Waals surface area contributed by atoms with Crippen molar-refractivity contribution >= 4 is 44.2 Å². The number of nitrogens with two attached hydrogens (primary N) is 1. The maximum atomic E-state index is 13.0. The predicted molar refractivity (Wildman–Crippen MR) is 83.5 cm³/mol. The van der Waals surface area contributed by atoms with Crippen molar-refractivity contribution in [3.8, 4) is 5.75 Å². The lowest BCUT2D eigenvalue weighted by Gasteiger charge is -2.14. The fourth-order valence-electron chi connectivity index (χ4n) is 1.47. The molecule has 0 aliphatic heterocycles. The summed E-state index contributed by atoms with van der Waals surface area (Å²) in [5, 5.41) is 2.76. The Hall–Kier alpha value is -2.00. The summed E-state index contributed by atoms with van der Waals surface area (Å²) >= 11 is 4.12. The second-order valence-electron chi connectivity index (χ2n) is 4.22. The summed E-state index contributed by atoms with van der Waals surface area (Å²) in [6, 6.07) is 3.88. The molecule has 6 nitrogen and oxygen atoms in total. The first-order valence-electron chi connectivity index (χ1n) is 6.05. The Kier molecular flexibility index (Phi) is 5.09. The average Bonchev–Trinajstić information content (AvgIpc) is 2.90. The molecule has 0 fully saturated rings. The fourth-order valence-corrected chi connectivity index (χ4v) is 2.58.